The van der Waals surface area contributed by atoms with Crippen molar-refractivity contribution in [1.82, 2.24) is 0 Å². The third-order valence-electron chi connectivity index (χ3n) is 2.08. The van der Waals surface area contributed by atoms with Crippen molar-refractivity contribution in [3.63, 3.8) is 0 Å². The van der Waals surface area contributed by atoms with Crippen molar-refractivity contribution in [2.24, 2.45) is 5.41 Å². The maximum atomic E-state index is 10.9. The second-order valence-corrected chi connectivity index (χ2v) is 3.79. The third-order valence-corrected chi connectivity index (χ3v) is 2.08. The first-order valence-corrected chi connectivity index (χ1v) is 4.00. The summed E-state index contributed by atoms with van der Waals surface area (Å²) >= 11 is 0. The van der Waals surface area contributed by atoms with E-state index in [1.807, 2.05) is 0 Å². The van der Waals surface area contributed by atoms with Gasteiger partial charge in [0, 0.05) is 5.41 Å². The van der Waals surface area contributed by atoms with Crippen LogP contribution in [0.4, 0.5) is 0 Å². The maximum absolute atomic E-state index is 10.9. The van der Waals surface area contributed by atoms with Gasteiger partial charge in [0.25, 0.3) is 0 Å². The molecule has 1 aliphatic heterocycles. The van der Waals surface area contributed by atoms with Gasteiger partial charge in [-0.25, -0.2) is 4.79 Å². The Balaban J connectivity index is 3.12. The normalized spacial score (nSPS) is 24.1. The van der Waals surface area contributed by atoms with Gasteiger partial charge in [-0.15, -0.1) is 0 Å². The molecular formula is C9H12O4. The third kappa shape index (κ3) is 1.71. The average molecular weight is 184 g/mol. The van der Waals surface area contributed by atoms with Gasteiger partial charge in [0.2, 0.25) is 0 Å². The van der Waals surface area contributed by atoms with Crippen LogP contribution in [0.3, 0.4) is 0 Å². The molecule has 0 aromatic carbocycles. The highest BCUT2D eigenvalue weighted by Crippen LogP contribution is 2.39. The van der Waals surface area contributed by atoms with Crippen LogP contribution in [-0.2, 0) is 14.3 Å². The van der Waals surface area contributed by atoms with Gasteiger partial charge in [-0.05, 0) is 6.92 Å². The van der Waals surface area contributed by atoms with Gasteiger partial charge in [-0.1, -0.05) is 13.8 Å². The minimum Gasteiger partial charge on any atom is -0.478 e. The molecule has 0 radical (unpaired) electrons. The summed E-state index contributed by atoms with van der Waals surface area (Å²) in [5.41, 5.74) is -0.379. The molecule has 0 saturated carbocycles. The first-order chi connectivity index (χ1) is 5.84. The van der Waals surface area contributed by atoms with E-state index in [1.54, 1.807) is 13.8 Å². The molecule has 4 nitrogen and oxygen atoms in total. The summed E-state index contributed by atoms with van der Waals surface area (Å²) in [5.74, 6) is -1.12. The molecule has 0 unspecified atom stereocenters. The van der Waals surface area contributed by atoms with Crippen molar-refractivity contribution >= 4 is 11.9 Å². The number of rotatable bonds is 1. The van der Waals surface area contributed by atoms with Crippen LogP contribution in [0.5, 0.6) is 0 Å². The molecule has 1 aliphatic rings. The molecule has 0 aliphatic carbocycles. The van der Waals surface area contributed by atoms with Crippen molar-refractivity contribution in [3.8, 4) is 0 Å². The summed E-state index contributed by atoms with van der Waals surface area (Å²) in [6, 6.07) is 0. The number of carbonyl (C=O) groups is 2. The van der Waals surface area contributed by atoms with E-state index in [1.165, 1.54) is 6.92 Å². The lowest BCUT2D eigenvalue weighted by Crippen LogP contribution is -2.13. The largest absolute Gasteiger partial charge is 0.478 e. The Bertz CT molecular complexity index is 299. The van der Waals surface area contributed by atoms with Crippen molar-refractivity contribution in [1.29, 1.82) is 0 Å². The average Bonchev–Trinajstić information content (AvgIpc) is 2.22. The zero-order valence-electron chi connectivity index (χ0n) is 7.88. The Morgan fingerprint density at radius 1 is 1.54 bits per heavy atom. The highest BCUT2D eigenvalue weighted by Gasteiger charge is 2.39. The highest BCUT2D eigenvalue weighted by molar-refractivity contribution is 5.88. The Labute approximate surface area is 76.2 Å². The van der Waals surface area contributed by atoms with Crippen LogP contribution in [-0.4, -0.2) is 17.0 Å². The van der Waals surface area contributed by atoms with Crippen molar-refractivity contribution in [2.45, 2.75) is 27.2 Å². The fourth-order valence-corrected chi connectivity index (χ4v) is 1.41. The van der Waals surface area contributed by atoms with Crippen LogP contribution in [0.25, 0.3) is 0 Å². The number of hydrogen-bond donors (Lipinski definition) is 1. The summed E-state index contributed by atoms with van der Waals surface area (Å²) in [6.07, 6.45) is 0.243. The van der Waals surface area contributed by atoms with E-state index in [9.17, 15) is 9.59 Å². The van der Waals surface area contributed by atoms with E-state index in [-0.39, 0.29) is 23.7 Å². The van der Waals surface area contributed by atoms with Crippen LogP contribution in [0.2, 0.25) is 0 Å². The number of ether oxygens (including phenoxy) is 1. The molecule has 1 saturated heterocycles. The first-order valence-electron chi connectivity index (χ1n) is 4.00. The molecule has 72 valence electrons. The predicted molar refractivity (Wildman–Crippen MR) is 44.8 cm³/mol. The highest BCUT2D eigenvalue weighted by atomic mass is 16.5. The quantitative estimate of drug-likeness (QED) is 0.493. The number of esters is 1. The number of aliphatic carboxylic acids is 1. The lowest BCUT2D eigenvalue weighted by Gasteiger charge is -2.16. The minimum absolute atomic E-state index is 0.107. The van der Waals surface area contributed by atoms with Gasteiger partial charge in [-0.3, -0.25) is 4.79 Å². The van der Waals surface area contributed by atoms with Crippen molar-refractivity contribution in [3.05, 3.63) is 11.3 Å². The first kappa shape index (κ1) is 9.77. The fourth-order valence-electron chi connectivity index (χ4n) is 1.41. The fraction of sp³-hybridized carbons (Fsp3) is 0.556. The molecule has 0 amide bonds. The number of carboxylic acid groups (broad SMARTS) is 1. The topological polar surface area (TPSA) is 63.6 Å². The minimum atomic E-state index is -1.04. The second kappa shape index (κ2) is 2.87. The molecular weight excluding hydrogens is 172 g/mol. The number of allylic oxidation sites excluding steroid dienone is 1. The SMILES string of the molecule is CC(C(=O)O)=C1OC(=O)CC1(C)C. The monoisotopic (exact) mass is 184 g/mol. The summed E-state index contributed by atoms with van der Waals surface area (Å²) in [5, 5.41) is 8.71. The van der Waals surface area contributed by atoms with E-state index in [4.69, 9.17) is 9.84 Å². The van der Waals surface area contributed by atoms with Gasteiger partial charge in [0.1, 0.15) is 5.76 Å². The molecule has 1 fully saturated rings. The van der Waals surface area contributed by atoms with Gasteiger partial charge < -0.3 is 9.84 Å². The van der Waals surface area contributed by atoms with E-state index >= 15 is 0 Å². The van der Waals surface area contributed by atoms with Gasteiger partial charge in [-0.2, -0.15) is 0 Å². The standard InChI is InChI=1S/C9H12O4/c1-5(8(11)12)7-9(2,3)4-6(10)13-7/h4H2,1-3H3,(H,11,12). The van der Waals surface area contributed by atoms with Gasteiger partial charge in [0.05, 0.1) is 12.0 Å². The lowest BCUT2D eigenvalue weighted by atomic mass is 9.87. The predicted octanol–water partition coefficient (Wildman–Crippen LogP) is 1.32. The molecule has 1 heterocycles. The van der Waals surface area contributed by atoms with Crippen LogP contribution in [0.15, 0.2) is 11.3 Å². The molecule has 1 rings (SSSR count). The van der Waals surface area contributed by atoms with Crippen LogP contribution in [0.1, 0.15) is 27.2 Å². The van der Waals surface area contributed by atoms with Gasteiger partial charge >= 0.3 is 11.9 Å². The van der Waals surface area contributed by atoms with Gasteiger partial charge in [0.15, 0.2) is 0 Å². The maximum Gasteiger partial charge on any atom is 0.334 e. The molecule has 13 heavy (non-hydrogen) atoms. The smallest absolute Gasteiger partial charge is 0.334 e. The summed E-state index contributed by atoms with van der Waals surface area (Å²) in [4.78, 5) is 21.6. The van der Waals surface area contributed by atoms with Crippen LogP contribution in [0, 0.1) is 5.41 Å². The molecule has 4 heteroatoms. The zero-order valence-corrected chi connectivity index (χ0v) is 7.88. The Morgan fingerprint density at radius 3 is 2.38 bits per heavy atom. The lowest BCUT2D eigenvalue weighted by molar-refractivity contribution is -0.135. The zero-order chi connectivity index (χ0) is 10.2. The number of hydrogen-bond acceptors (Lipinski definition) is 3. The number of cyclic esters (lactones) is 1. The summed E-state index contributed by atoms with van der Waals surface area (Å²) in [6.45, 7) is 5.03. The van der Waals surface area contributed by atoms with Crippen LogP contribution >= 0.6 is 0 Å². The molecule has 0 aromatic heterocycles. The van der Waals surface area contributed by atoms with E-state index in [0.29, 0.717) is 0 Å². The molecule has 0 spiro atoms. The number of carbonyl (C=O) groups excluding carboxylic acids is 1. The molecule has 1 N–H and O–H groups in total. The molecule has 0 aromatic rings. The van der Waals surface area contributed by atoms with E-state index in [0.717, 1.165) is 0 Å². The Hall–Kier alpha value is -1.32. The van der Waals surface area contributed by atoms with Crippen molar-refractivity contribution in [2.75, 3.05) is 0 Å². The molecule has 0 atom stereocenters. The van der Waals surface area contributed by atoms with Crippen LogP contribution < -0.4 is 0 Å². The Kier molecular flexibility index (Phi) is 2.15. The number of carboxylic acids is 1. The Morgan fingerprint density at radius 2 is 2.08 bits per heavy atom. The van der Waals surface area contributed by atoms with E-state index < -0.39 is 11.4 Å². The summed E-state index contributed by atoms with van der Waals surface area (Å²) in [7, 11) is 0. The second-order valence-electron chi connectivity index (χ2n) is 3.79. The van der Waals surface area contributed by atoms with E-state index in [2.05, 4.69) is 0 Å². The van der Waals surface area contributed by atoms with Crippen molar-refractivity contribution < 1.29 is 19.4 Å². The summed E-state index contributed by atoms with van der Waals surface area (Å²) < 4.78 is 4.86. The molecule has 0 bridgehead atoms.